The van der Waals surface area contributed by atoms with Crippen LogP contribution < -0.4 is 10.8 Å². The smallest absolute Gasteiger partial charge is 0.423 e. The fourth-order valence-corrected chi connectivity index (χ4v) is 4.26. The third-order valence-electron chi connectivity index (χ3n) is 5.31. The van der Waals surface area contributed by atoms with Crippen LogP contribution in [-0.2, 0) is 11.1 Å². The standard InChI is InChI=1S/C22H16BCl2N3O3.C2H6/c24-19-11-15(28-12-20(25)16-2-1-8-26-21(16)28)5-6-17(19)22(29)27-14-4-3-13-7-9-31-23(30)18(13)10-14;1-2/h1-6,8,10-12,30H,7,9H2,(H,27,29);1-2H3. The van der Waals surface area contributed by atoms with Gasteiger partial charge in [0, 0.05) is 35.8 Å². The maximum atomic E-state index is 12.8. The molecule has 2 N–H and O–H groups in total. The Morgan fingerprint density at radius 1 is 1.15 bits per heavy atom. The van der Waals surface area contributed by atoms with Crippen LogP contribution in [0.5, 0.6) is 0 Å². The second-order valence-corrected chi connectivity index (χ2v) is 8.04. The molecule has 168 valence electrons. The lowest BCUT2D eigenvalue weighted by Gasteiger charge is -2.20. The number of carbonyl (C=O) groups excluding carboxylic acids is 1. The van der Waals surface area contributed by atoms with Crippen LogP contribution in [0.2, 0.25) is 10.0 Å². The number of halogens is 2. The van der Waals surface area contributed by atoms with Gasteiger partial charge in [0.15, 0.2) is 0 Å². The Kier molecular flexibility index (Phi) is 7.05. The van der Waals surface area contributed by atoms with Crippen molar-refractivity contribution in [3.63, 3.8) is 0 Å². The van der Waals surface area contributed by atoms with Crippen LogP contribution >= 0.6 is 23.2 Å². The number of anilines is 1. The molecule has 1 aliphatic rings. The third-order valence-corrected chi connectivity index (χ3v) is 5.92. The lowest BCUT2D eigenvalue weighted by Crippen LogP contribution is -2.41. The first-order valence-electron chi connectivity index (χ1n) is 10.7. The lowest BCUT2D eigenvalue weighted by molar-refractivity contribution is 0.102. The average Bonchev–Trinajstić information content (AvgIpc) is 3.17. The average molecular weight is 482 g/mol. The molecule has 0 atom stereocenters. The van der Waals surface area contributed by atoms with Gasteiger partial charge in [-0.1, -0.05) is 43.1 Å². The molecular weight excluding hydrogens is 460 g/mol. The zero-order chi connectivity index (χ0) is 23.5. The summed E-state index contributed by atoms with van der Waals surface area (Å²) in [6, 6.07) is 14.3. The van der Waals surface area contributed by atoms with E-state index in [1.165, 1.54) is 0 Å². The van der Waals surface area contributed by atoms with Crippen molar-refractivity contribution in [2.75, 3.05) is 11.9 Å². The topological polar surface area (TPSA) is 76.4 Å². The van der Waals surface area contributed by atoms with Gasteiger partial charge in [0.1, 0.15) is 5.65 Å². The summed E-state index contributed by atoms with van der Waals surface area (Å²) in [5.74, 6) is -0.351. The van der Waals surface area contributed by atoms with Gasteiger partial charge >= 0.3 is 7.12 Å². The van der Waals surface area contributed by atoms with Crippen LogP contribution in [0, 0.1) is 0 Å². The molecule has 0 saturated carbocycles. The summed E-state index contributed by atoms with van der Waals surface area (Å²) in [6.07, 6.45) is 4.19. The Bertz CT molecular complexity index is 1330. The van der Waals surface area contributed by atoms with Gasteiger partial charge in [0.25, 0.3) is 5.91 Å². The molecule has 0 radical (unpaired) electrons. The van der Waals surface area contributed by atoms with Crippen LogP contribution in [0.1, 0.15) is 29.8 Å². The number of carbonyl (C=O) groups is 1. The number of pyridine rings is 1. The van der Waals surface area contributed by atoms with Crippen molar-refractivity contribution >= 4 is 58.4 Å². The van der Waals surface area contributed by atoms with Crippen molar-refractivity contribution in [1.82, 2.24) is 9.55 Å². The summed E-state index contributed by atoms with van der Waals surface area (Å²) >= 11 is 12.8. The summed E-state index contributed by atoms with van der Waals surface area (Å²) in [7, 11) is -0.986. The van der Waals surface area contributed by atoms with E-state index in [1.54, 1.807) is 42.7 Å². The van der Waals surface area contributed by atoms with E-state index in [0.29, 0.717) is 39.0 Å². The first-order chi connectivity index (χ1) is 16.0. The van der Waals surface area contributed by atoms with Crippen molar-refractivity contribution in [2.24, 2.45) is 0 Å². The molecule has 2 aromatic heterocycles. The van der Waals surface area contributed by atoms with Crippen molar-refractivity contribution in [3.8, 4) is 5.69 Å². The first kappa shape index (κ1) is 23.3. The SMILES string of the molecule is CC.O=C(Nc1ccc2c(c1)B(O)OCC2)c1ccc(-n2cc(Cl)c3cccnc32)cc1Cl. The molecule has 2 aromatic carbocycles. The second-order valence-electron chi connectivity index (χ2n) is 7.23. The summed E-state index contributed by atoms with van der Waals surface area (Å²) in [5.41, 5.74) is 4.00. The van der Waals surface area contributed by atoms with E-state index in [0.717, 1.165) is 23.1 Å². The first-order valence-corrected chi connectivity index (χ1v) is 11.4. The van der Waals surface area contributed by atoms with Gasteiger partial charge in [0.05, 0.1) is 15.6 Å². The Morgan fingerprint density at radius 3 is 2.76 bits per heavy atom. The predicted octanol–water partition coefficient (Wildman–Crippen LogP) is 4.87. The highest BCUT2D eigenvalue weighted by Crippen LogP contribution is 2.29. The number of benzene rings is 2. The molecule has 1 aliphatic heterocycles. The molecule has 0 bridgehead atoms. The largest absolute Gasteiger partial charge is 0.491 e. The Hall–Kier alpha value is -2.84. The number of fused-ring (bicyclic) bond motifs is 2. The molecule has 4 aromatic rings. The number of hydrogen-bond donors (Lipinski definition) is 2. The number of aromatic nitrogens is 2. The van der Waals surface area contributed by atoms with Gasteiger partial charge in [-0.15, -0.1) is 0 Å². The van der Waals surface area contributed by atoms with Crippen molar-refractivity contribution in [3.05, 3.63) is 82.1 Å². The highest BCUT2D eigenvalue weighted by atomic mass is 35.5. The van der Waals surface area contributed by atoms with Crippen LogP contribution in [0.15, 0.2) is 60.9 Å². The van der Waals surface area contributed by atoms with E-state index in [4.69, 9.17) is 27.9 Å². The third kappa shape index (κ3) is 4.63. The van der Waals surface area contributed by atoms with E-state index >= 15 is 0 Å². The van der Waals surface area contributed by atoms with E-state index in [2.05, 4.69) is 10.3 Å². The van der Waals surface area contributed by atoms with Crippen LogP contribution in [-0.4, -0.2) is 34.2 Å². The fraction of sp³-hybridized carbons (Fsp3) is 0.167. The Balaban J connectivity index is 0.00000126. The molecule has 0 unspecified atom stereocenters. The minimum absolute atomic E-state index is 0.297. The minimum Gasteiger partial charge on any atom is -0.423 e. The lowest BCUT2D eigenvalue weighted by atomic mass is 9.73. The monoisotopic (exact) mass is 481 g/mol. The Morgan fingerprint density at radius 2 is 1.97 bits per heavy atom. The predicted molar refractivity (Wildman–Crippen MR) is 134 cm³/mol. The van der Waals surface area contributed by atoms with Gasteiger partial charge < -0.3 is 15.0 Å². The zero-order valence-electron chi connectivity index (χ0n) is 18.2. The number of hydrogen-bond acceptors (Lipinski definition) is 4. The second kappa shape index (κ2) is 9.97. The molecule has 3 heterocycles. The van der Waals surface area contributed by atoms with Crippen molar-refractivity contribution < 1.29 is 14.5 Å². The van der Waals surface area contributed by atoms with Crippen LogP contribution in [0.3, 0.4) is 0 Å². The minimum atomic E-state index is -0.986. The van der Waals surface area contributed by atoms with E-state index in [1.807, 2.05) is 36.6 Å². The summed E-state index contributed by atoms with van der Waals surface area (Å²) in [5, 5.41) is 14.6. The Labute approximate surface area is 202 Å². The van der Waals surface area contributed by atoms with Crippen LogP contribution in [0.25, 0.3) is 16.7 Å². The van der Waals surface area contributed by atoms with Gasteiger partial charge in [-0.05, 0) is 59.9 Å². The van der Waals surface area contributed by atoms with Crippen molar-refractivity contribution in [1.29, 1.82) is 0 Å². The van der Waals surface area contributed by atoms with Gasteiger partial charge in [-0.25, -0.2) is 4.98 Å². The summed E-state index contributed by atoms with van der Waals surface area (Å²) in [4.78, 5) is 17.2. The maximum Gasteiger partial charge on any atom is 0.491 e. The molecule has 5 rings (SSSR count). The highest BCUT2D eigenvalue weighted by Gasteiger charge is 2.25. The van der Waals surface area contributed by atoms with E-state index < -0.39 is 7.12 Å². The molecule has 9 heteroatoms. The fourth-order valence-electron chi connectivity index (χ4n) is 3.75. The normalized spacial score (nSPS) is 12.7. The van der Waals surface area contributed by atoms with Gasteiger partial charge in [-0.2, -0.15) is 0 Å². The molecule has 6 nitrogen and oxygen atoms in total. The van der Waals surface area contributed by atoms with Gasteiger partial charge in [0.2, 0.25) is 0 Å². The summed E-state index contributed by atoms with van der Waals surface area (Å²) < 4.78 is 7.09. The molecular formula is C24H22BCl2N3O3. The molecule has 0 spiro atoms. The van der Waals surface area contributed by atoms with Crippen LogP contribution in [0.4, 0.5) is 5.69 Å². The van der Waals surface area contributed by atoms with Crippen molar-refractivity contribution in [2.45, 2.75) is 20.3 Å². The van der Waals surface area contributed by atoms with E-state index in [9.17, 15) is 9.82 Å². The highest BCUT2D eigenvalue weighted by molar-refractivity contribution is 6.61. The number of nitrogens with zero attached hydrogens (tertiary/aromatic N) is 2. The molecule has 0 saturated heterocycles. The maximum absolute atomic E-state index is 12.8. The quantitative estimate of drug-likeness (QED) is 0.409. The van der Waals surface area contributed by atoms with Gasteiger partial charge in [-0.3, -0.25) is 9.36 Å². The summed E-state index contributed by atoms with van der Waals surface area (Å²) in [6.45, 7) is 4.47. The van der Waals surface area contributed by atoms with E-state index in [-0.39, 0.29) is 5.91 Å². The zero-order valence-corrected chi connectivity index (χ0v) is 19.7. The molecule has 0 aliphatic carbocycles. The number of nitrogens with one attached hydrogen (secondary N) is 1. The molecule has 1 amide bonds. The molecule has 0 fully saturated rings. The number of rotatable bonds is 3. The molecule has 33 heavy (non-hydrogen) atoms. The number of amides is 1.